The standard InChI is InChI=1S/C22H18F3N5O3/c1-13-17(21(32)30-20(28-13)14-6-8-27-9-7-14)3-5-19(31)29-16-2-4-18(15(10-16)11-26)33-12-22(23,24)25/h2,4,6-10H,3,5,12H2,1H3,(H,29,31)(H,28,30,32). The van der Waals surface area contributed by atoms with Crippen LogP contribution in [0.4, 0.5) is 18.9 Å². The second kappa shape index (κ2) is 9.95. The van der Waals surface area contributed by atoms with E-state index in [1.54, 1.807) is 37.5 Å². The number of halogens is 3. The molecule has 1 aromatic carbocycles. The Morgan fingerprint density at radius 2 is 1.97 bits per heavy atom. The number of benzene rings is 1. The Balaban J connectivity index is 1.65. The van der Waals surface area contributed by atoms with Crippen molar-refractivity contribution in [1.29, 1.82) is 5.26 Å². The van der Waals surface area contributed by atoms with Crippen molar-refractivity contribution in [2.75, 3.05) is 11.9 Å². The number of ether oxygens (including phenoxy) is 1. The number of carbonyl (C=O) groups is 1. The van der Waals surface area contributed by atoms with E-state index in [4.69, 9.17) is 5.26 Å². The number of aryl methyl sites for hydroxylation is 1. The number of pyridine rings is 1. The van der Waals surface area contributed by atoms with Gasteiger partial charge in [-0.15, -0.1) is 0 Å². The molecule has 0 aliphatic rings. The summed E-state index contributed by atoms with van der Waals surface area (Å²) in [5.74, 6) is -0.292. The van der Waals surface area contributed by atoms with E-state index >= 15 is 0 Å². The normalized spacial score (nSPS) is 11.0. The van der Waals surface area contributed by atoms with Gasteiger partial charge in [0, 0.05) is 41.3 Å². The zero-order chi connectivity index (χ0) is 24.0. The van der Waals surface area contributed by atoms with Crippen molar-refractivity contribution in [3.63, 3.8) is 0 Å². The van der Waals surface area contributed by atoms with Crippen LogP contribution in [-0.2, 0) is 11.2 Å². The number of aromatic amines is 1. The van der Waals surface area contributed by atoms with Gasteiger partial charge in [-0.05, 0) is 43.7 Å². The molecule has 0 aliphatic carbocycles. The van der Waals surface area contributed by atoms with Gasteiger partial charge in [0.05, 0.1) is 5.56 Å². The van der Waals surface area contributed by atoms with E-state index in [0.29, 0.717) is 22.6 Å². The van der Waals surface area contributed by atoms with Crippen molar-refractivity contribution in [2.24, 2.45) is 0 Å². The molecule has 8 nitrogen and oxygen atoms in total. The van der Waals surface area contributed by atoms with Crippen LogP contribution >= 0.6 is 0 Å². The number of H-pyrrole nitrogens is 1. The molecule has 1 amide bonds. The Morgan fingerprint density at radius 1 is 1.24 bits per heavy atom. The lowest BCUT2D eigenvalue weighted by molar-refractivity contribution is -0.153. The molecular weight excluding hydrogens is 439 g/mol. The summed E-state index contributed by atoms with van der Waals surface area (Å²) >= 11 is 0. The summed E-state index contributed by atoms with van der Waals surface area (Å²) in [5, 5.41) is 11.7. The van der Waals surface area contributed by atoms with Gasteiger partial charge in [-0.2, -0.15) is 18.4 Å². The van der Waals surface area contributed by atoms with E-state index in [1.165, 1.54) is 18.2 Å². The molecule has 2 aromatic heterocycles. The molecule has 2 N–H and O–H groups in total. The average Bonchev–Trinajstić information content (AvgIpc) is 2.77. The first-order valence-corrected chi connectivity index (χ1v) is 9.70. The van der Waals surface area contributed by atoms with Gasteiger partial charge in [0.25, 0.3) is 5.56 Å². The van der Waals surface area contributed by atoms with Gasteiger partial charge >= 0.3 is 6.18 Å². The Kier molecular flexibility index (Phi) is 7.07. The average molecular weight is 457 g/mol. The number of anilines is 1. The Hall–Kier alpha value is -4.20. The Labute approximate surface area is 186 Å². The summed E-state index contributed by atoms with van der Waals surface area (Å²) in [6.45, 7) is 0.140. The van der Waals surface area contributed by atoms with E-state index in [2.05, 4.69) is 25.0 Å². The summed E-state index contributed by atoms with van der Waals surface area (Å²) < 4.78 is 41.6. The van der Waals surface area contributed by atoms with Crippen LogP contribution in [-0.4, -0.2) is 33.6 Å². The molecule has 2 heterocycles. The van der Waals surface area contributed by atoms with Crippen LogP contribution in [0.5, 0.6) is 5.75 Å². The number of hydrogen-bond acceptors (Lipinski definition) is 6. The molecule has 0 saturated heterocycles. The van der Waals surface area contributed by atoms with Gasteiger partial charge in [-0.1, -0.05) is 0 Å². The fraction of sp³-hybridized carbons (Fsp3) is 0.227. The zero-order valence-electron chi connectivity index (χ0n) is 17.4. The number of rotatable bonds is 7. The molecule has 0 aliphatic heterocycles. The number of aromatic nitrogens is 3. The first-order valence-electron chi connectivity index (χ1n) is 9.70. The number of hydrogen-bond donors (Lipinski definition) is 2. The number of nitrogens with one attached hydrogen (secondary N) is 2. The lowest BCUT2D eigenvalue weighted by Crippen LogP contribution is -2.20. The smallest absolute Gasteiger partial charge is 0.422 e. The molecule has 0 unspecified atom stereocenters. The fourth-order valence-corrected chi connectivity index (χ4v) is 2.99. The molecule has 0 fully saturated rings. The van der Waals surface area contributed by atoms with Crippen LogP contribution in [0.15, 0.2) is 47.5 Å². The predicted molar refractivity (Wildman–Crippen MR) is 112 cm³/mol. The first-order chi connectivity index (χ1) is 15.7. The number of carbonyl (C=O) groups excluding carboxylic acids is 1. The van der Waals surface area contributed by atoms with Gasteiger partial charge in [-0.3, -0.25) is 14.6 Å². The number of alkyl halides is 3. The number of amides is 1. The van der Waals surface area contributed by atoms with E-state index in [9.17, 15) is 22.8 Å². The molecule has 3 aromatic rings. The van der Waals surface area contributed by atoms with E-state index in [1.807, 2.05) is 0 Å². The SMILES string of the molecule is Cc1nc(-c2ccncc2)[nH]c(=O)c1CCC(=O)Nc1ccc(OCC(F)(F)F)c(C#N)c1. The van der Waals surface area contributed by atoms with Crippen LogP contribution in [0.2, 0.25) is 0 Å². The summed E-state index contributed by atoms with van der Waals surface area (Å²) in [6, 6.07) is 8.87. The molecule has 0 atom stereocenters. The van der Waals surface area contributed by atoms with Gasteiger partial charge in [0.1, 0.15) is 17.6 Å². The van der Waals surface area contributed by atoms with Crippen molar-refractivity contribution in [3.05, 3.63) is 69.9 Å². The van der Waals surface area contributed by atoms with E-state index in [-0.39, 0.29) is 35.4 Å². The van der Waals surface area contributed by atoms with Crippen LogP contribution < -0.4 is 15.6 Å². The van der Waals surface area contributed by atoms with Crippen LogP contribution in [0, 0.1) is 18.3 Å². The highest BCUT2D eigenvalue weighted by molar-refractivity contribution is 5.91. The van der Waals surface area contributed by atoms with Gasteiger partial charge in [0.15, 0.2) is 6.61 Å². The summed E-state index contributed by atoms with van der Waals surface area (Å²) in [5.41, 5.74) is 1.24. The second-order valence-corrected chi connectivity index (χ2v) is 6.99. The molecule has 0 spiro atoms. The second-order valence-electron chi connectivity index (χ2n) is 6.99. The third-order valence-corrected chi connectivity index (χ3v) is 4.55. The molecule has 0 saturated carbocycles. The van der Waals surface area contributed by atoms with Gasteiger partial charge < -0.3 is 15.0 Å². The summed E-state index contributed by atoms with van der Waals surface area (Å²) in [7, 11) is 0. The minimum atomic E-state index is -4.54. The summed E-state index contributed by atoms with van der Waals surface area (Å²) in [4.78, 5) is 35.8. The van der Waals surface area contributed by atoms with Crippen LogP contribution in [0.25, 0.3) is 11.4 Å². The first kappa shape index (κ1) is 23.5. The number of nitrogens with zero attached hydrogens (tertiary/aromatic N) is 3. The third kappa shape index (κ3) is 6.39. The number of nitriles is 1. The Bertz CT molecular complexity index is 1250. The fourth-order valence-electron chi connectivity index (χ4n) is 2.99. The van der Waals surface area contributed by atoms with Crippen molar-refractivity contribution in [2.45, 2.75) is 25.9 Å². The topological polar surface area (TPSA) is 121 Å². The predicted octanol–water partition coefficient (Wildman–Crippen LogP) is 3.52. The molecule has 0 bridgehead atoms. The maximum absolute atomic E-state index is 12.5. The van der Waals surface area contributed by atoms with Crippen LogP contribution in [0.1, 0.15) is 23.2 Å². The molecule has 11 heteroatoms. The van der Waals surface area contributed by atoms with Gasteiger partial charge in [-0.25, -0.2) is 4.98 Å². The minimum Gasteiger partial charge on any atom is -0.483 e. The monoisotopic (exact) mass is 457 g/mol. The lowest BCUT2D eigenvalue weighted by Gasteiger charge is -2.12. The van der Waals surface area contributed by atoms with E-state index in [0.717, 1.165) is 0 Å². The molecular formula is C22H18F3N5O3. The lowest BCUT2D eigenvalue weighted by atomic mass is 10.1. The van der Waals surface area contributed by atoms with E-state index < -0.39 is 18.7 Å². The maximum Gasteiger partial charge on any atom is 0.422 e. The minimum absolute atomic E-state index is 0.0472. The largest absolute Gasteiger partial charge is 0.483 e. The summed E-state index contributed by atoms with van der Waals surface area (Å²) in [6.07, 6.45) is -1.31. The molecule has 33 heavy (non-hydrogen) atoms. The molecule has 170 valence electrons. The zero-order valence-corrected chi connectivity index (χ0v) is 17.4. The van der Waals surface area contributed by atoms with Crippen molar-refractivity contribution < 1.29 is 22.7 Å². The highest BCUT2D eigenvalue weighted by Crippen LogP contribution is 2.25. The third-order valence-electron chi connectivity index (χ3n) is 4.55. The highest BCUT2D eigenvalue weighted by Gasteiger charge is 2.29. The van der Waals surface area contributed by atoms with Crippen LogP contribution in [0.3, 0.4) is 0 Å². The van der Waals surface area contributed by atoms with Gasteiger partial charge in [0.2, 0.25) is 5.91 Å². The maximum atomic E-state index is 12.5. The Morgan fingerprint density at radius 3 is 2.61 bits per heavy atom. The highest BCUT2D eigenvalue weighted by atomic mass is 19.4. The quantitative estimate of drug-likeness (QED) is 0.560. The van der Waals surface area contributed by atoms with Crippen molar-refractivity contribution >= 4 is 11.6 Å². The van der Waals surface area contributed by atoms with Crippen molar-refractivity contribution in [3.8, 4) is 23.2 Å². The molecule has 3 rings (SSSR count). The molecule has 0 radical (unpaired) electrons. The van der Waals surface area contributed by atoms with Crippen molar-refractivity contribution in [1.82, 2.24) is 15.0 Å².